The van der Waals surface area contributed by atoms with Crippen LogP contribution in [-0.4, -0.2) is 52.4 Å². The fourth-order valence-electron chi connectivity index (χ4n) is 2.33. The molecule has 1 atom stereocenters. The van der Waals surface area contributed by atoms with Gasteiger partial charge in [-0.05, 0) is 13.8 Å². The third-order valence-electron chi connectivity index (χ3n) is 3.58. The zero-order valence-corrected chi connectivity index (χ0v) is 11.9. The van der Waals surface area contributed by atoms with Crippen LogP contribution in [0.3, 0.4) is 0 Å². The summed E-state index contributed by atoms with van der Waals surface area (Å²) < 4.78 is 0. The number of nitrogens with zero attached hydrogens (tertiary/aromatic N) is 2. The molecule has 1 unspecified atom stereocenters. The third kappa shape index (κ3) is 3.16. The zero-order chi connectivity index (χ0) is 14.5. The second-order valence-electron chi connectivity index (χ2n) is 4.75. The number of likely N-dealkylation sites (N-methyl/N-ethyl adjacent to an activating group) is 1. The Bertz CT molecular complexity index is 481. The lowest BCUT2D eigenvalue weighted by Gasteiger charge is -2.23. The van der Waals surface area contributed by atoms with Crippen LogP contribution in [0.25, 0.3) is 0 Å². The average Bonchev–Trinajstić information content (AvgIpc) is 2.93. The highest BCUT2D eigenvalue weighted by atomic mass is 16.2. The molecule has 1 aliphatic rings. The van der Waals surface area contributed by atoms with E-state index in [1.54, 1.807) is 11.2 Å². The Balaban J connectivity index is 1.83. The lowest BCUT2D eigenvalue weighted by atomic mass is 10.0. The molecule has 2 heterocycles. The van der Waals surface area contributed by atoms with Gasteiger partial charge in [-0.3, -0.25) is 14.9 Å². The summed E-state index contributed by atoms with van der Waals surface area (Å²) in [5, 5.41) is 5.83. The molecule has 0 saturated carbocycles. The summed E-state index contributed by atoms with van der Waals surface area (Å²) in [6.45, 7) is 5.80. The summed E-state index contributed by atoms with van der Waals surface area (Å²) in [6, 6.07) is -0.324. The molecule has 0 saturated heterocycles. The van der Waals surface area contributed by atoms with E-state index in [-0.39, 0.29) is 24.4 Å². The van der Waals surface area contributed by atoms with Gasteiger partial charge in [-0.25, -0.2) is 4.98 Å². The summed E-state index contributed by atoms with van der Waals surface area (Å²) in [5.74, 6) is -0.209. The molecule has 0 aromatic carbocycles. The first-order valence-corrected chi connectivity index (χ1v) is 6.95. The van der Waals surface area contributed by atoms with Crippen molar-refractivity contribution in [1.29, 1.82) is 0 Å². The van der Waals surface area contributed by atoms with Crippen LogP contribution >= 0.6 is 0 Å². The van der Waals surface area contributed by atoms with E-state index in [0.29, 0.717) is 26.1 Å². The van der Waals surface area contributed by atoms with E-state index in [2.05, 4.69) is 20.6 Å². The number of carbonyl (C=O) groups is 2. The van der Waals surface area contributed by atoms with Crippen molar-refractivity contribution in [2.75, 3.05) is 19.6 Å². The molecule has 0 aliphatic carbocycles. The van der Waals surface area contributed by atoms with E-state index in [9.17, 15) is 9.59 Å². The number of aromatic amines is 1. The summed E-state index contributed by atoms with van der Waals surface area (Å²) in [6.07, 6.45) is 2.18. The van der Waals surface area contributed by atoms with Crippen LogP contribution in [0, 0.1) is 0 Å². The van der Waals surface area contributed by atoms with Gasteiger partial charge >= 0.3 is 0 Å². The molecule has 0 radical (unpaired) electrons. The predicted octanol–water partition coefficient (Wildman–Crippen LogP) is -0.591. The maximum atomic E-state index is 12.1. The Hall–Kier alpha value is -1.89. The van der Waals surface area contributed by atoms with E-state index in [1.165, 1.54) is 0 Å². The molecule has 1 aliphatic heterocycles. The maximum absolute atomic E-state index is 12.1. The monoisotopic (exact) mass is 279 g/mol. The molecule has 0 bridgehead atoms. The molecule has 20 heavy (non-hydrogen) atoms. The molecule has 0 fully saturated rings. The second kappa shape index (κ2) is 6.51. The van der Waals surface area contributed by atoms with E-state index in [1.807, 2.05) is 13.8 Å². The van der Waals surface area contributed by atoms with E-state index in [0.717, 1.165) is 11.4 Å². The number of amides is 2. The Morgan fingerprint density at radius 2 is 2.20 bits per heavy atom. The lowest BCUT2D eigenvalue weighted by molar-refractivity contribution is -0.133. The van der Waals surface area contributed by atoms with Gasteiger partial charge in [0.1, 0.15) is 0 Å². The summed E-state index contributed by atoms with van der Waals surface area (Å²) in [4.78, 5) is 32.8. The van der Waals surface area contributed by atoms with Crippen LogP contribution in [0.2, 0.25) is 0 Å². The van der Waals surface area contributed by atoms with E-state index < -0.39 is 0 Å². The van der Waals surface area contributed by atoms with Gasteiger partial charge < -0.3 is 15.2 Å². The van der Waals surface area contributed by atoms with Crippen molar-refractivity contribution >= 4 is 11.8 Å². The molecule has 7 heteroatoms. The molecule has 2 amide bonds. The lowest BCUT2D eigenvalue weighted by Crippen LogP contribution is -2.50. The quantitative estimate of drug-likeness (QED) is 0.672. The largest absolute Gasteiger partial charge is 0.347 e. The van der Waals surface area contributed by atoms with Gasteiger partial charge in [-0.1, -0.05) is 0 Å². The number of carbonyl (C=O) groups excluding carboxylic acids is 2. The first-order chi connectivity index (χ1) is 9.65. The highest BCUT2D eigenvalue weighted by Crippen LogP contribution is 2.11. The molecular formula is C13H21N5O2. The summed E-state index contributed by atoms with van der Waals surface area (Å²) in [5.41, 5.74) is 1.94. The third-order valence-corrected chi connectivity index (χ3v) is 3.58. The molecule has 7 nitrogen and oxygen atoms in total. The van der Waals surface area contributed by atoms with Crippen molar-refractivity contribution in [2.24, 2.45) is 0 Å². The number of nitrogens with one attached hydrogen (secondary N) is 3. The zero-order valence-electron chi connectivity index (χ0n) is 11.9. The fourth-order valence-corrected chi connectivity index (χ4v) is 2.33. The number of hydrogen-bond donors (Lipinski definition) is 3. The van der Waals surface area contributed by atoms with Crippen molar-refractivity contribution in [1.82, 2.24) is 25.5 Å². The molecule has 110 valence electrons. The van der Waals surface area contributed by atoms with Crippen LogP contribution in [0.1, 0.15) is 25.2 Å². The SMILES string of the molecule is CCN(CC)C(=O)CNC(=O)C1Cc2nc[nH]c2CN1. The summed E-state index contributed by atoms with van der Waals surface area (Å²) >= 11 is 0. The highest BCUT2D eigenvalue weighted by molar-refractivity contribution is 5.87. The van der Waals surface area contributed by atoms with Crippen molar-refractivity contribution in [3.05, 3.63) is 17.7 Å². The van der Waals surface area contributed by atoms with Gasteiger partial charge in [0.15, 0.2) is 0 Å². The van der Waals surface area contributed by atoms with Crippen LogP contribution < -0.4 is 10.6 Å². The standard InChI is InChI=1S/C13H21N5O2/c1-3-18(4-2)12(19)7-15-13(20)10-5-9-11(6-14-10)17-8-16-9/h8,10,14H,3-7H2,1-2H3,(H,15,20)(H,16,17). The minimum atomic E-state index is -0.324. The van der Waals surface area contributed by atoms with E-state index >= 15 is 0 Å². The van der Waals surface area contributed by atoms with Gasteiger partial charge in [0, 0.05) is 26.1 Å². The van der Waals surface area contributed by atoms with Gasteiger partial charge in [0.05, 0.1) is 30.3 Å². The van der Waals surface area contributed by atoms with Gasteiger partial charge in [0.25, 0.3) is 0 Å². The predicted molar refractivity (Wildman–Crippen MR) is 73.9 cm³/mol. The van der Waals surface area contributed by atoms with Crippen molar-refractivity contribution < 1.29 is 9.59 Å². The first-order valence-electron chi connectivity index (χ1n) is 6.95. The van der Waals surface area contributed by atoms with Gasteiger partial charge in [0.2, 0.25) is 11.8 Å². The number of H-pyrrole nitrogens is 1. The van der Waals surface area contributed by atoms with Crippen molar-refractivity contribution in [2.45, 2.75) is 32.9 Å². The molecule has 1 aromatic heterocycles. The maximum Gasteiger partial charge on any atom is 0.241 e. The van der Waals surface area contributed by atoms with E-state index in [4.69, 9.17) is 0 Å². The van der Waals surface area contributed by atoms with Crippen molar-refractivity contribution in [3.63, 3.8) is 0 Å². The highest BCUT2D eigenvalue weighted by Gasteiger charge is 2.26. The minimum Gasteiger partial charge on any atom is -0.347 e. The average molecular weight is 279 g/mol. The number of rotatable bonds is 5. The van der Waals surface area contributed by atoms with Crippen LogP contribution in [-0.2, 0) is 22.6 Å². The van der Waals surface area contributed by atoms with Gasteiger partial charge in [-0.2, -0.15) is 0 Å². The van der Waals surface area contributed by atoms with Crippen LogP contribution in [0.5, 0.6) is 0 Å². The van der Waals surface area contributed by atoms with Crippen LogP contribution in [0.4, 0.5) is 0 Å². The van der Waals surface area contributed by atoms with Crippen molar-refractivity contribution in [3.8, 4) is 0 Å². The molecule has 1 aromatic rings. The number of fused-ring (bicyclic) bond motifs is 1. The molecule has 2 rings (SSSR count). The Morgan fingerprint density at radius 3 is 2.90 bits per heavy atom. The smallest absolute Gasteiger partial charge is 0.241 e. The second-order valence-corrected chi connectivity index (χ2v) is 4.75. The minimum absolute atomic E-state index is 0.0477. The number of imidazole rings is 1. The Morgan fingerprint density at radius 1 is 1.45 bits per heavy atom. The number of hydrogen-bond acceptors (Lipinski definition) is 4. The summed E-state index contributed by atoms with van der Waals surface area (Å²) in [7, 11) is 0. The molecule has 0 spiro atoms. The van der Waals surface area contributed by atoms with Gasteiger partial charge in [-0.15, -0.1) is 0 Å². The first kappa shape index (κ1) is 14.5. The molecule has 3 N–H and O–H groups in total. The Labute approximate surface area is 118 Å². The topological polar surface area (TPSA) is 90.1 Å². The fraction of sp³-hybridized carbons (Fsp3) is 0.615. The Kier molecular flexibility index (Phi) is 4.73. The molecular weight excluding hydrogens is 258 g/mol. The normalized spacial score (nSPS) is 17.4. The number of aromatic nitrogens is 2. The van der Waals surface area contributed by atoms with Crippen LogP contribution in [0.15, 0.2) is 6.33 Å².